The van der Waals surface area contributed by atoms with Crippen molar-refractivity contribution < 1.29 is 9.53 Å². The van der Waals surface area contributed by atoms with E-state index in [4.69, 9.17) is 10.5 Å². The van der Waals surface area contributed by atoms with Gasteiger partial charge in [-0.3, -0.25) is 4.79 Å². The van der Waals surface area contributed by atoms with Gasteiger partial charge in [-0.2, -0.15) is 0 Å². The minimum Gasteiger partial charge on any atom is -0.465 e. The maximum atomic E-state index is 11.3. The molecule has 2 N–H and O–H groups in total. The molecule has 0 aromatic carbocycles. The molecule has 84 valence electrons. The van der Waals surface area contributed by atoms with E-state index >= 15 is 0 Å². The molecule has 4 heteroatoms. The smallest absolute Gasteiger partial charge is 0.323 e. The summed E-state index contributed by atoms with van der Waals surface area (Å²) in [6, 6.07) is -0.389. The molecule has 0 aromatic heterocycles. The number of carbonyl (C=O) groups excluding carboxylic acids is 1. The van der Waals surface area contributed by atoms with Crippen LogP contribution in [-0.2, 0) is 9.53 Å². The van der Waals surface area contributed by atoms with E-state index in [2.05, 4.69) is 0 Å². The molecule has 0 aliphatic heterocycles. The van der Waals surface area contributed by atoms with Crippen molar-refractivity contribution >= 4 is 18.4 Å². The van der Waals surface area contributed by atoms with Crippen LogP contribution in [0, 0.1) is 5.92 Å². The monoisotopic (exact) mass is 221 g/mol. The Labute approximate surface area is 91.8 Å². The van der Waals surface area contributed by atoms with Crippen molar-refractivity contribution in [3.8, 4) is 0 Å². The van der Waals surface area contributed by atoms with Crippen LogP contribution in [0.3, 0.4) is 0 Å². The van der Waals surface area contributed by atoms with Crippen molar-refractivity contribution in [1.82, 2.24) is 0 Å². The van der Waals surface area contributed by atoms with Gasteiger partial charge in [0.1, 0.15) is 6.04 Å². The first kappa shape index (κ1) is 13.7. The van der Waals surface area contributed by atoms with Gasteiger partial charge in [-0.15, -0.1) is 12.4 Å². The molecule has 1 fully saturated rings. The van der Waals surface area contributed by atoms with Gasteiger partial charge in [-0.25, -0.2) is 0 Å². The fourth-order valence-electron chi connectivity index (χ4n) is 1.92. The molecule has 0 heterocycles. The minimum atomic E-state index is -0.389. The van der Waals surface area contributed by atoms with Gasteiger partial charge >= 0.3 is 5.97 Å². The number of carbonyl (C=O) groups is 1. The van der Waals surface area contributed by atoms with E-state index in [0.29, 0.717) is 12.5 Å². The van der Waals surface area contributed by atoms with Gasteiger partial charge in [0.05, 0.1) is 6.61 Å². The first-order valence-corrected chi connectivity index (χ1v) is 5.18. The molecular formula is C10H20ClNO2. The number of hydrogen-bond donors (Lipinski definition) is 1. The van der Waals surface area contributed by atoms with Crippen molar-refractivity contribution in [2.75, 3.05) is 6.61 Å². The Morgan fingerprint density at radius 2 is 2.00 bits per heavy atom. The Bertz CT molecular complexity index is 170. The molecule has 1 rings (SSSR count). The van der Waals surface area contributed by atoms with Gasteiger partial charge in [-0.05, 0) is 25.7 Å². The number of hydrogen-bond acceptors (Lipinski definition) is 3. The SMILES string of the molecule is CCOC(=O)[C@@H](N)C1CCCCC1.Cl. The van der Waals surface area contributed by atoms with Crippen LogP contribution in [0.2, 0.25) is 0 Å². The zero-order valence-electron chi connectivity index (χ0n) is 8.70. The van der Waals surface area contributed by atoms with E-state index in [1.54, 1.807) is 0 Å². The van der Waals surface area contributed by atoms with Crippen LogP contribution >= 0.6 is 12.4 Å². The van der Waals surface area contributed by atoms with E-state index in [-0.39, 0.29) is 24.4 Å². The van der Waals surface area contributed by atoms with Crippen molar-refractivity contribution in [2.24, 2.45) is 11.7 Å². The predicted octanol–water partition coefficient (Wildman–Crippen LogP) is 1.88. The average Bonchev–Trinajstić information content (AvgIpc) is 2.18. The summed E-state index contributed by atoms with van der Waals surface area (Å²) in [5, 5.41) is 0. The maximum Gasteiger partial charge on any atom is 0.323 e. The summed E-state index contributed by atoms with van der Waals surface area (Å²) < 4.78 is 4.89. The van der Waals surface area contributed by atoms with Crippen LogP contribution in [0.4, 0.5) is 0 Å². The normalized spacial score (nSPS) is 19.6. The molecule has 1 aliphatic carbocycles. The second kappa shape index (κ2) is 7.07. The molecule has 14 heavy (non-hydrogen) atoms. The van der Waals surface area contributed by atoms with E-state index in [9.17, 15) is 4.79 Å². The molecular weight excluding hydrogens is 202 g/mol. The molecule has 0 radical (unpaired) electrons. The first-order valence-electron chi connectivity index (χ1n) is 5.18. The van der Waals surface area contributed by atoms with Gasteiger partial charge in [-0.1, -0.05) is 19.3 Å². The summed E-state index contributed by atoms with van der Waals surface area (Å²) in [7, 11) is 0. The summed E-state index contributed by atoms with van der Waals surface area (Å²) in [4.78, 5) is 11.3. The third-order valence-corrected chi connectivity index (χ3v) is 2.72. The van der Waals surface area contributed by atoms with Crippen molar-refractivity contribution in [1.29, 1.82) is 0 Å². The first-order chi connectivity index (χ1) is 6.25. The zero-order valence-corrected chi connectivity index (χ0v) is 9.52. The predicted molar refractivity (Wildman–Crippen MR) is 58.4 cm³/mol. The quantitative estimate of drug-likeness (QED) is 0.741. The largest absolute Gasteiger partial charge is 0.465 e. The third kappa shape index (κ3) is 3.84. The second-order valence-electron chi connectivity index (χ2n) is 3.68. The fourth-order valence-corrected chi connectivity index (χ4v) is 1.92. The topological polar surface area (TPSA) is 52.3 Å². The summed E-state index contributed by atoms with van der Waals surface area (Å²) in [6.45, 7) is 2.24. The fraction of sp³-hybridized carbons (Fsp3) is 0.900. The van der Waals surface area contributed by atoms with Crippen LogP contribution in [-0.4, -0.2) is 18.6 Å². The molecule has 1 atom stereocenters. The number of rotatable bonds is 3. The molecule has 0 saturated heterocycles. The standard InChI is InChI=1S/C10H19NO2.ClH/c1-2-13-10(12)9(11)8-6-4-3-5-7-8;/h8-9H,2-7,11H2,1H3;1H/t9-;/m0./s1. The lowest BCUT2D eigenvalue weighted by atomic mass is 9.84. The highest BCUT2D eigenvalue weighted by atomic mass is 35.5. The van der Waals surface area contributed by atoms with E-state index in [1.807, 2.05) is 6.92 Å². The highest BCUT2D eigenvalue weighted by Crippen LogP contribution is 2.25. The van der Waals surface area contributed by atoms with Gasteiger partial charge in [0.2, 0.25) is 0 Å². The lowest BCUT2D eigenvalue weighted by Crippen LogP contribution is -2.40. The summed E-state index contributed by atoms with van der Waals surface area (Å²) in [6.07, 6.45) is 5.86. The van der Waals surface area contributed by atoms with Gasteiger partial charge in [0.25, 0.3) is 0 Å². The summed E-state index contributed by atoms with van der Waals surface area (Å²) in [5.41, 5.74) is 5.80. The van der Waals surface area contributed by atoms with Crippen LogP contribution in [0.15, 0.2) is 0 Å². The maximum absolute atomic E-state index is 11.3. The Morgan fingerprint density at radius 3 is 2.50 bits per heavy atom. The highest BCUT2D eigenvalue weighted by molar-refractivity contribution is 5.85. The van der Waals surface area contributed by atoms with Gasteiger partial charge in [0, 0.05) is 0 Å². The number of nitrogens with two attached hydrogens (primary N) is 1. The lowest BCUT2D eigenvalue weighted by Gasteiger charge is -2.25. The van der Waals surface area contributed by atoms with Crippen molar-refractivity contribution in [3.63, 3.8) is 0 Å². The summed E-state index contributed by atoms with van der Waals surface area (Å²) in [5.74, 6) is 0.127. The van der Waals surface area contributed by atoms with E-state index in [1.165, 1.54) is 19.3 Å². The van der Waals surface area contributed by atoms with E-state index < -0.39 is 0 Å². The molecule has 0 spiro atoms. The Morgan fingerprint density at radius 1 is 1.43 bits per heavy atom. The van der Waals surface area contributed by atoms with Crippen LogP contribution in [0.5, 0.6) is 0 Å². The second-order valence-corrected chi connectivity index (χ2v) is 3.68. The average molecular weight is 222 g/mol. The molecule has 0 amide bonds. The highest BCUT2D eigenvalue weighted by Gasteiger charge is 2.26. The van der Waals surface area contributed by atoms with Crippen LogP contribution in [0.25, 0.3) is 0 Å². The Balaban J connectivity index is 0.00000169. The van der Waals surface area contributed by atoms with Gasteiger partial charge < -0.3 is 10.5 Å². The van der Waals surface area contributed by atoms with Crippen molar-refractivity contribution in [3.05, 3.63) is 0 Å². The number of halogens is 1. The van der Waals surface area contributed by atoms with Gasteiger partial charge in [0.15, 0.2) is 0 Å². The Hall–Kier alpha value is -0.280. The Kier molecular flexibility index (Phi) is 6.93. The zero-order chi connectivity index (χ0) is 9.68. The molecule has 0 bridgehead atoms. The third-order valence-electron chi connectivity index (χ3n) is 2.72. The summed E-state index contributed by atoms with van der Waals surface area (Å²) >= 11 is 0. The van der Waals surface area contributed by atoms with E-state index in [0.717, 1.165) is 12.8 Å². The van der Waals surface area contributed by atoms with Crippen LogP contribution < -0.4 is 5.73 Å². The molecule has 0 aromatic rings. The van der Waals surface area contributed by atoms with Crippen molar-refractivity contribution in [2.45, 2.75) is 45.1 Å². The number of ether oxygens (including phenoxy) is 1. The molecule has 1 aliphatic rings. The number of esters is 1. The molecule has 3 nitrogen and oxygen atoms in total. The lowest BCUT2D eigenvalue weighted by molar-refractivity contribution is -0.146. The van der Waals surface area contributed by atoms with Crippen LogP contribution in [0.1, 0.15) is 39.0 Å². The molecule has 1 saturated carbocycles. The molecule has 0 unspecified atom stereocenters. The minimum absolute atomic E-state index is 0.